The number of nitriles is 1. The lowest BCUT2D eigenvalue weighted by Gasteiger charge is -2.31. The van der Waals surface area contributed by atoms with E-state index in [2.05, 4.69) is 11.4 Å². The Morgan fingerprint density at radius 3 is 2.38 bits per heavy atom. The minimum absolute atomic E-state index is 0. The monoisotopic (exact) mass is 322 g/mol. The van der Waals surface area contributed by atoms with Crippen LogP contribution in [-0.2, 0) is 12.6 Å². The van der Waals surface area contributed by atoms with E-state index in [-0.39, 0.29) is 18.8 Å². The molecule has 0 radical (unpaired) electrons. The van der Waals surface area contributed by atoms with E-state index in [0.29, 0.717) is 31.5 Å². The molecular formula is C14H15ClF4N2. The molecule has 1 saturated heterocycles. The summed E-state index contributed by atoms with van der Waals surface area (Å²) in [6.07, 6.45) is -3.33. The molecule has 116 valence electrons. The molecule has 0 saturated carbocycles. The number of rotatable bonds is 2. The van der Waals surface area contributed by atoms with Crippen LogP contribution in [0.2, 0.25) is 0 Å². The molecule has 21 heavy (non-hydrogen) atoms. The van der Waals surface area contributed by atoms with Crippen molar-refractivity contribution >= 4 is 12.4 Å². The summed E-state index contributed by atoms with van der Waals surface area (Å²) in [4.78, 5) is 0. The van der Waals surface area contributed by atoms with Crippen LogP contribution in [0.1, 0.15) is 24.0 Å². The number of hydrogen-bond donors (Lipinski definition) is 1. The summed E-state index contributed by atoms with van der Waals surface area (Å²) in [6.45, 7) is 1.34. The van der Waals surface area contributed by atoms with E-state index < -0.39 is 23.0 Å². The van der Waals surface area contributed by atoms with Gasteiger partial charge in [0.15, 0.2) is 0 Å². The number of halogens is 5. The molecule has 0 amide bonds. The highest BCUT2D eigenvalue weighted by molar-refractivity contribution is 5.85. The zero-order valence-corrected chi connectivity index (χ0v) is 12.0. The first kappa shape index (κ1) is 17.7. The van der Waals surface area contributed by atoms with Crippen LogP contribution in [0.3, 0.4) is 0 Å². The second kappa shape index (κ2) is 6.63. The Bertz CT molecular complexity index is 531. The molecule has 0 unspecified atom stereocenters. The normalized spacial score (nSPS) is 17.7. The minimum atomic E-state index is -4.71. The van der Waals surface area contributed by atoms with Crippen molar-refractivity contribution in [1.29, 1.82) is 5.26 Å². The molecule has 0 bridgehead atoms. The first-order valence-electron chi connectivity index (χ1n) is 6.34. The van der Waals surface area contributed by atoms with Gasteiger partial charge in [0.25, 0.3) is 0 Å². The van der Waals surface area contributed by atoms with Gasteiger partial charge in [-0.3, -0.25) is 0 Å². The number of nitrogens with one attached hydrogen (secondary N) is 1. The molecule has 1 fully saturated rings. The fourth-order valence-corrected chi connectivity index (χ4v) is 2.52. The van der Waals surface area contributed by atoms with E-state index >= 15 is 0 Å². The Morgan fingerprint density at radius 2 is 1.86 bits per heavy atom. The summed E-state index contributed by atoms with van der Waals surface area (Å²) in [7, 11) is 0. The van der Waals surface area contributed by atoms with Crippen LogP contribution in [0, 0.1) is 22.6 Å². The molecule has 0 spiro atoms. The van der Waals surface area contributed by atoms with Gasteiger partial charge in [-0.2, -0.15) is 18.4 Å². The summed E-state index contributed by atoms with van der Waals surface area (Å²) in [5.74, 6) is -1.28. The van der Waals surface area contributed by atoms with Gasteiger partial charge in [-0.05, 0) is 50.0 Å². The van der Waals surface area contributed by atoms with E-state index in [9.17, 15) is 22.8 Å². The SMILES string of the molecule is Cl.N#CC1(Cc2ccc(F)c(C(F)(F)F)c2)CCNCC1. The number of hydrogen-bond acceptors (Lipinski definition) is 2. The molecular weight excluding hydrogens is 308 g/mol. The topological polar surface area (TPSA) is 35.8 Å². The molecule has 1 aromatic carbocycles. The Kier molecular flexibility index (Phi) is 5.60. The Balaban J connectivity index is 0.00000220. The maximum atomic E-state index is 13.2. The van der Waals surface area contributed by atoms with Crippen molar-refractivity contribution in [2.24, 2.45) is 5.41 Å². The first-order chi connectivity index (χ1) is 9.36. The number of piperidine rings is 1. The van der Waals surface area contributed by atoms with Gasteiger partial charge in [0.05, 0.1) is 17.0 Å². The molecule has 1 aliphatic rings. The van der Waals surface area contributed by atoms with Gasteiger partial charge in [-0.25, -0.2) is 4.39 Å². The van der Waals surface area contributed by atoms with E-state index in [1.54, 1.807) is 0 Å². The smallest absolute Gasteiger partial charge is 0.317 e. The molecule has 1 aliphatic heterocycles. The van der Waals surface area contributed by atoms with Crippen LogP contribution in [0.5, 0.6) is 0 Å². The number of benzene rings is 1. The van der Waals surface area contributed by atoms with E-state index in [0.717, 1.165) is 12.1 Å². The van der Waals surface area contributed by atoms with Gasteiger partial charge >= 0.3 is 6.18 Å². The van der Waals surface area contributed by atoms with Crippen LogP contribution < -0.4 is 5.32 Å². The highest BCUT2D eigenvalue weighted by atomic mass is 35.5. The lowest BCUT2D eigenvalue weighted by atomic mass is 9.75. The van der Waals surface area contributed by atoms with Crippen LogP contribution in [0.25, 0.3) is 0 Å². The predicted octanol–water partition coefficient (Wildman–Crippen LogP) is 3.70. The Morgan fingerprint density at radius 1 is 1.24 bits per heavy atom. The molecule has 1 heterocycles. The third kappa shape index (κ3) is 4.08. The molecule has 0 atom stereocenters. The van der Waals surface area contributed by atoms with Gasteiger partial charge in [0.1, 0.15) is 5.82 Å². The standard InChI is InChI=1S/C14H14F4N2.ClH/c15-12-2-1-10(7-11(12)14(16,17)18)8-13(9-19)3-5-20-6-4-13;/h1-2,7,20H,3-6,8H2;1H. The first-order valence-corrected chi connectivity index (χ1v) is 6.34. The van der Waals surface area contributed by atoms with Crippen LogP contribution >= 0.6 is 12.4 Å². The van der Waals surface area contributed by atoms with Crippen LogP contribution in [-0.4, -0.2) is 13.1 Å². The van der Waals surface area contributed by atoms with Gasteiger partial charge in [-0.1, -0.05) is 6.07 Å². The molecule has 1 aromatic rings. The van der Waals surface area contributed by atoms with Crippen LogP contribution in [0.4, 0.5) is 17.6 Å². The second-order valence-electron chi connectivity index (χ2n) is 5.13. The quantitative estimate of drug-likeness (QED) is 0.843. The van der Waals surface area contributed by atoms with Crippen molar-refractivity contribution < 1.29 is 17.6 Å². The summed E-state index contributed by atoms with van der Waals surface area (Å²) >= 11 is 0. The Labute approximate surface area is 126 Å². The molecule has 2 rings (SSSR count). The average Bonchev–Trinajstić information content (AvgIpc) is 2.41. The second-order valence-corrected chi connectivity index (χ2v) is 5.13. The predicted molar refractivity (Wildman–Crippen MR) is 72.5 cm³/mol. The average molecular weight is 323 g/mol. The summed E-state index contributed by atoms with van der Waals surface area (Å²) in [6, 6.07) is 5.19. The third-order valence-electron chi connectivity index (χ3n) is 3.68. The molecule has 7 heteroatoms. The van der Waals surface area contributed by atoms with Gasteiger partial charge in [0, 0.05) is 0 Å². The molecule has 0 aliphatic carbocycles. The summed E-state index contributed by atoms with van der Waals surface area (Å²) in [5, 5.41) is 12.4. The van der Waals surface area contributed by atoms with Crippen molar-refractivity contribution in [1.82, 2.24) is 5.32 Å². The zero-order valence-electron chi connectivity index (χ0n) is 11.1. The zero-order chi connectivity index (χ0) is 14.8. The molecule has 1 N–H and O–H groups in total. The highest BCUT2D eigenvalue weighted by Gasteiger charge is 2.36. The van der Waals surface area contributed by atoms with E-state index in [1.807, 2.05) is 0 Å². The van der Waals surface area contributed by atoms with Crippen LogP contribution in [0.15, 0.2) is 18.2 Å². The third-order valence-corrected chi connectivity index (χ3v) is 3.68. The highest BCUT2D eigenvalue weighted by Crippen LogP contribution is 2.36. The largest absolute Gasteiger partial charge is 0.419 e. The number of alkyl halides is 3. The van der Waals surface area contributed by atoms with Crippen molar-refractivity contribution in [2.45, 2.75) is 25.4 Å². The maximum Gasteiger partial charge on any atom is 0.419 e. The fraction of sp³-hybridized carbons (Fsp3) is 0.500. The minimum Gasteiger partial charge on any atom is -0.317 e. The maximum absolute atomic E-state index is 13.2. The lowest BCUT2D eigenvalue weighted by Crippen LogP contribution is -2.37. The van der Waals surface area contributed by atoms with Crippen molar-refractivity contribution in [2.75, 3.05) is 13.1 Å². The van der Waals surface area contributed by atoms with Crippen molar-refractivity contribution in [3.8, 4) is 6.07 Å². The summed E-state index contributed by atoms with van der Waals surface area (Å²) < 4.78 is 51.2. The van der Waals surface area contributed by atoms with Gasteiger partial charge in [-0.15, -0.1) is 12.4 Å². The van der Waals surface area contributed by atoms with Crippen molar-refractivity contribution in [3.05, 3.63) is 35.1 Å². The van der Waals surface area contributed by atoms with Gasteiger partial charge in [0.2, 0.25) is 0 Å². The lowest BCUT2D eigenvalue weighted by molar-refractivity contribution is -0.140. The Hall–Kier alpha value is -1.32. The fourth-order valence-electron chi connectivity index (χ4n) is 2.52. The molecule has 0 aromatic heterocycles. The van der Waals surface area contributed by atoms with E-state index in [1.165, 1.54) is 6.07 Å². The number of nitrogens with zero attached hydrogens (tertiary/aromatic N) is 1. The molecule has 2 nitrogen and oxygen atoms in total. The van der Waals surface area contributed by atoms with Gasteiger partial charge < -0.3 is 5.32 Å². The summed E-state index contributed by atoms with van der Waals surface area (Å²) in [5.41, 5.74) is -1.58. The van der Waals surface area contributed by atoms with Crippen molar-refractivity contribution in [3.63, 3.8) is 0 Å². The van der Waals surface area contributed by atoms with E-state index in [4.69, 9.17) is 0 Å².